The lowest BCUT2D eigenvalue weighted by atomic mass is 10.1. The molecule has 3 aromatic rings. The second-order valence-electron chi connectivity index (χ2n) is 5.93. The van der Waals surface area contributed by atoms with Crippen LogP contribution in [0.15, 0.2) is 67.0 Å². The highest BCUT2D eigenvalue weighted by Crippen LogP contribution is 2.14. The molecule has 27 heavy (non-hydrogen) atoms. The molecule has 6 nitrogen and oxygen atoms in total. The van der Waals surface area contributed by atoms with Gasteiger partial charge in [-0.05, 0) is 48.9 Å². The smallest absolute Gasteiger partial charge is 0.257 e. The Bertz CT molecular complexity index is 1050. The summed E-state index contributed by atoms with van der Waals surface area (Å²) in [6, 6.07) is 17.5. The van der Waals surface area contributed by atoms with E-state index in [1.807, 2.05) is 31.2 Å². The molecule has 0 radical (unpaired) electrons. The molecule has 2 amide bonds. The third-order valence-corrected chi connectivity index (χ3v) is 3.79. The van der Waals surface area contributed by atoms with Gasteiger partial charge in [0.15, 0.2) is 0 Å². The third-order valence-electron chi connectivity index (χ3n) is 3.79. The van der Waals surface area contributed by atoms with Gasteiger partial charge in [0.25, 0.3) is 11.8 Å². The highest BCUT2D eigenvalue weighted by Gasteiger charge is 2.12. The number of anilines is 2. The highest BCUT2D eigenvalue weighted by atomic mass is 16.2. The number of hydrogen-bond acceptors (Lipinski definition) is 4. The van der Waals surface area contributed by atoms with Crippen molar-refractivity contribution in [3.63, 3.8) is 0 Å². The highest BCUT2D eigenvalue weighted by molar-refractivity contribution is 6.08. The van der Waals surface area contributed by atoms with Gasteiger partial charge in [0.1, 0.15) is 0 Å². The van der Waals surface area contributed by atoms with Crippen LogP contribution in [0.1, 0.15) is 31.8 Å². The number of aryl methyl sites for hydroxylation is 1. The molecular weight excluding hydrogens is 340 g/mol. The van der Waals surface area contributed by atoms with Crippen LogP contribution in [-0.4, -0.2) is 16.8 Å². The second kappa shape index (κ2) is 7.93. The summed E-state index contributed by atoms with van der Waals surface area (Å²) in [5.41, 5.74) is 3.15. The Hall–Kier alpha value is -3.98. The Morgan fingerprint density at radius 1 is 0.889 bits per heavy atom. The van der Waals surface area contributed by atoms with Crippen LogP contribution in [0.2, 0.25) is 0 Å². The zero-order valence-electron chi connectivity index (χ0n) is 14.6. The van der Waals surface area contributed by atoms with Crippen LogP contribution >= 0.6 is 0 Å². The van der Waals surface area contributed by atoms with E-state index in [1.54, 1.807) is 30.3 Å². The van der Waals surface area contributed by atoms with Crippen LogP contribution in [0.5, 0.6) is 0 Å². The van der Waals surface area contributed by atoms with Gasteiger partial charge in [-0.1, -0.05) is 18.2 Å². The number of benzene rings is 2. The Morgan fingerprint density at radius 2 is 1.48 bits per heavy atom. The van der Waals surface area contributed by atoms with Gasteiger partial charge < -0.3 is 10.6 Å². The minimum absolute atomic E-state index is 0.245. The van der Waals surface area contributed by atoms with E-state index in [9.17, 15) is 9.59 Å². The molecule has 0 spiro atoms. The third kappa shape index (κ3) is 4.55. The lowest BCUT2D eigenvalue weighted by Gasteiger charge is -2.08. The van der Waals surface area contributed by atoms with Crippen molar-refractivity contribution in [3.05, 3.63) is 89.2 Å². The molecule has 2 aromatic carbocycles. The number of aromatic nitrogens is 1. The van der Waals surface area contributed by atoms with Crippen LogP contribution in [0.3, 0.4) is 0 Å². The van der Waals surface area contributed by atoms with Crippen LogP contribution in [0.25, 0.3) is 0 Å². The number of rotatable bonds is 4. The summed E-state index contributed by atoms with van der Waals surface area (Å²) in [4.78, 5) is 28.8. The molecule has 6 heteroatoms. The molecule has 0 saturated heterocycles. The zero-order valence-corrected chi connectivity index (χ0v) is 14.6. The van der Waals surface area contributed by atoms with Crippen molar-refractivity contribution >= 4 is 23.2 Å². The maximum absolute atomic E-state index is 12.4. The van der Waals surface area contributed by atoms with Crippen molar-refractivity contribution in [2.45, 2.75) is 6.92 Å². The predicted molar refractivity (Wildman–Crippen MR) is 102 cm³/mol. The minimum Gasteiger partial charge on any atom is -0.322 e. The van der Waals surface area contributed by atoms with Crippen LogP contribution in [-0.2, 0) is 0 Å². The first-order valence-corrected chi connectivity index (χ1v) is 8.20. The van der Waals surface area contributed by atoms with E-state index in [0.29, 0.717) is 16.9 Å². The SMILES string of the molecule is Cc1cccc(NC(=O)c2cncc(C(=O)Nc3cccc(C#N)c3)c2)c1. The zero-order chi connectivity index (χ0) is 19.2. The van der Waals surface area contributed by atoms with Crippen LogP contribution < -0.4 is 10.6 Å². The Morgan fingerprint density at radius 3 is 2.07 bits per heavy atom. The van der Waals surface area contributed by atoms with Crippen LogP contribution in [0, 0.1) is 18.3 Å². The molecule has 0 atom stereocenters. The van der Waals surface area contributed by atoms with E-state index in [0.717, 1.165) is 5.56 Å². The van der Waals surface area contributed by atoms with E-state index in [1.165, 1.54) is 18.5 Å². The summed E-state index contributed by atoms with van der Waals surface area (Å²) >= 11 is 0. The minimum atomic E-state index is -0.414. The summed E-state index contributed by atoms with van der Waals surface area (Å²) in [6.45, 7) is 1.93. The predicted octanol–water partition coefficient (Wildman–Crippen LogP) is 3.77. The molecule has 132 valence electrons. The molecule has 0 aliphatic heterocycles. The van der Waals surface area contributed by atoms with Crippen molar-refractivity contribution in [3.8, 4) is 6.07 Å². The van der Waals surface area contributed by atoms with Gasteiger partial charge in [-0.25, -0.2) is 0 Å². The fraction of sp³-hybridized carbons (Fsp3) is 0.0476. The van der Waals surface area contributed by atoms with E-state index >= 15 is 0 Å². The maximum atomic E-state index is 12.4. The van der Waals surface area contributed by atoms with Crippen molar-refractivity contribution < 1.29 is 9.59 Å². The molecule has 2 N–H and O–H groups in total. The molecule has 0 bridgehead atoms. The van der Waals surface area contributed by atoms with Crippen molar-refractivity contribution in [1.29, 1.82) is 5.26 Å². The summed E-state index contributed by atoms with van der Waals surface area (Å²) in [6.07, 6.45) is 2.78. The second-order valence-corrected chi connectivity index (χ2v) is 5.93. The number of amides is 2. The first kappa shape index (κ1) is 17.8. The quantitative estimate of drug-likeness (QED) is 0.744. The van der Waals surface area contributed by atoms with Gasteiger partial charge in [-0.2, -0.15) is 5.26 Å². The molecule has 1 heterocycles. The largest absolute Gasteiger partial charge is 0.322 e. The molecule has 0 unspecified atom stereocenters. The summed E-state index contributed by atoms with van der Waals surface area (Å²) in [5, 5.41) is 14.4. The van der Waals surface area contributed by atoms with Gasteiger partial charge in [0.2, 0.25) is 0 Å². The van der Waals surface area contributed by atoms with Gasteiger partial charge in [-0.15, -0.1) is 0 Å². The number of nitrogens with one attached hydrogen (secondary N) is 2. The standard InChI is InChI=1S/C21H16N4O2/c1-14-4-2-6-18(8-14)24-20(26)16-10-17(13-23-12-16)21(27)25-19-7-3-5-15(9-19)11-22/h2-10,12-13H,1H3,(H,24,26)(H,25,27). The molecule has 3 rings (SSSR count). The number of nitriles is 1. The lowest BCUT2D eigenvalue weighted by Crippen LogP contribution is -2.16. The maximum Gasteiger partial charge on any atom is 0.257 e. The van der Waals surface area contributed by atoms with Crippen molar-refractivity contribution in [1.82, 2.24) is 4.98 Å². The van der Waals surface area contributed by atoms with Crippen LogP contribution in [0.4, 0.5) is 11.4 Å². The molecule has 1 aromatic heterocycles. The molecule has 0 aliphatic rings. The van der Waals surface area contributed by atoms with E-state index in [4.69, 9.17) is 5.26 Å². The number of hydrogen-bond donors (Lipinski definition) is 2. The summed E-state index contributed by atoms with van der Waals surface area (Å²) in [7, 11) is 0. The Kier molecular flexibility index (Phi) is 5.24. The molecule has 0 aliphatic carbocycles. The summed E-state index contributed by atoms with van der Waals surface area (Å²) in [5.74, 6) is -0.767. The Balaban J connectivity index is 1.75. The first-order chi connectivity index (χ1) is 13.0. The average Bonchev–Trinajstić information content (AvgIpc) is 2.68. The number of carbonyl (C=O) groups is 2. The van der Waals surface area contributed by atoms with Crippen molar-refractivity contribution in [2.24, 2.45) is 0 Å². The van der Waals surface area contributed by atoms with Crippen molar-refractivity contribution in [2.75, 3.05) is 10.6 Å². The van der Waals surface area contributed by atoms with Gasteiger partial charge in [0, 0.05) is 23.8 Å². The molecule has 0 fully saturated rings. The molecular formula is C21H16N4O2. The number of nitrogens with zero attached hydrogens (tertiary/aromatic N) is 2. The van der Waals surface area contributed by atoms with Gasteiger partial charge in [-0.3, -0.25) is 14.6 Å². The number of carbonyl (C=O) groups excluding carboxylic acids is 2. The lowest BCUT2D eigenvalue weighted by molar-refractivity contribution is 0.102. The van der Waals surface area contributed by atoms with E-state index < -0.39 is 5.91 Å². The monoisotopic (exact) mass is 356 g/mol. The fourth-order valence-electron chi connectivity index (χ4n) is 2.48. The fourth-order valence-corrected chi connectivity index (χ4v) is 2.48. The average molecular weight is 356 g/mol. The first-order valence-electron chi connectivity index (χ1n) is 8.20. The van der Waals surface area contributed by atoms with Gasteiger partial charge >= 0.3 is 0 Å². The van der Waals surface area contributed by atoms with Gasteiger partial charge in [0.05, 0.1) is 22.8 Å². The molecule has 0 saturated carbocycles. The number of pyridine rings is 1. The normalized spacial score (nSPS) is 9.93. The summed E-state index contributed by atoms with van der Waals surface area (Å²) < 4.78 is 0. The topological polar surface area (TPSA) is 94.9 Å². The van der Waals surface area contributed by atoms with E-state index in [2.05, 4.69) is 15.6 Å². The van der Waals surface area contributed by atoms with E-state index in [-0.39, 0.29) is 17.0 Å². The Labute approximate surface area is 156 Å².